The molecule has 0 radical (unpaired) electrons. The van der Waals surface area contributed by atoms with Crippen molar-refractivity contribution < 1.29 is 4.79 Å². The summed E-state index contributed by atoms with van der Waals surface area (Å²) < 4.78 is 0. The molecule has 2 N–H and O–H groups in total. The maximum atomic E-state index is 10.8. The van der Waals surface area contributed by atoms with E-state index in [1.807, 2.05) is 6.07 Å². The molecular weight excluding hydrogens is 188 g/mol. The van der Waals surface area contributed by atoms with Gasteiger partial charge >= 0.3 is 0 Å². The second-order valence-corrected chi connectivity index (χ2v) is 3.97. The average molecular weight is 204 g/mol. The first-order valence-electron chi connectivity index (χ1n) is 5.37. The Kier molecular flexibility index (Phi) is 3.02. The second kappa shape index (κ2) is 4.45. The van der Waals surface area contributed by atoms with Gasteiger partial charge < -0.3 is 0 Å². The van der Waals surface area contributed by atoms with Crippen molar-refractivity contribution in [3.05, 3.63) is 35.4 Å². The first kappa shape index (κ1) is 10.2. The molecule has 0 fully saturated rings. The number of rotatable bonds is 2. The Balaban J connectivity index is 2.11. The SMILES string of the molecule is CC(=O)NNC1CCCc2ccccc21. The summed E-state index contributed by atoms with van der Waals surface area (Å²) in [5, 5.41) is 0. The molecule has 0 heterocycles. The highest BCUT2D eigenvalue weighted by Crippen LogP contribution is 2.28. The third-order valence-electron chi connectivity index (χ3n) is 2.79. The molecule has 2 rings (SSSR count). The van der Waals surface area contributed by atoms with Crippen molar-refractivity contribution in [3.8, 4) is 0 Å². The highest BCUT2D eigenvalue weighted by molar-refractivity contribution is 5.72. The van der Waals surface area contributed by atoms with E-state index >= 15 is 0 Å². The van der Waals surface area contributed by atoms with Crippen molar-refractivity contribution in [1.82, 2.24) is 10.9 Å². The molecule has 0 saturated carbocycles. The minimum atomic E-state index is -0.0435. The molecule has 0 spiro atoms. The number of hydrogen-bond acceptors (Lipinski definition) is 2. The molecule has 80 valence electrons. The van der Waals surface area contributed by atoms with Crippen LogP contribution in [0.2, 0.25) is 0 Å². The number of fused-ring (bicyclic) bond motifs is 1. The number of amides is 1. The van der Waals surface area contributed by atoms with E-state index in [0.29, 0.717) is 0 Å². The average Bonchev–Trinajstić information content (AvgIpc) is 2.26. The summed E-state index contributed by atoms with van der Waals surface area (Å²) in [5.74, 6) is -0.0435. The van der Waals surface area contributed by atoms with E-state index < -0.39 is 0 Å². The fourth-order valence-electron chi connectivity index (χ4n) is 2.09. The second-order valence-electron chi connectivity index (χ2n) is 3.97. The minimum absolute atomic E-state index is 0.0435. The molecule has 1 aromatic rings. The van der Waals surface area contributed by atoms with Gasteiger partial charge in [0.1, 0.15) is 0 Å². The number of carbonyl (C=O) groups excluding carboxylic acids is 1. The maximum Gasteiger partial charge on any atom is 0.230 e. The lowest BCUT2D eigenvalue weighted by Gasteiger charge is -2.26. The van der Waals surface area contributed by atoms with Gasteiger partial charge in [-0.05, 0) is 30.4 Å². The predicted molar refractivity (Wildman–Crippen MR) is 59.1 cm³/mol. The maximum absolute atomic E-state index is 10.8. The van der Waals surface area contributed by atoms with Crippen LogP contribution in [-0.4, -0.2) is 5.91 Å². The van der Waals surface area contributed by atoms with Crippen LogP contribution in [0.25, 0.3) is 0 Å². The number of benzene rings is 1. The number of aryl methyl sites for hydroxylation is 1. The lowest BCUT2D eigenvalue weighted by molar-refractivity contribution is -0.120. The molecule has 1 amide bonds. The van der Waals surface area contributed by atoms with E-state index in [-0.39, 0.29) is 11.9 Å². The number of carbonyl (C=O) groups is 1. The van der Waals surface area contributed by atoms with Crippen molar-refractivity contribution in [2.45, 2.75) is 32.2 Å². The van der Waals surface area contributed by atoms with Gasteiger partial charge in [0, 0.05) is 6.92 Å². The van der Waals surface area contributed by atoms with Crippen LogP contribution in [0.4, 0.5) is 0 Å². The molecule has 1 aromatic carbocycles. The third-order valence-corrected chi connectivity index (χ3v) is 2.79. The molecule has 0 aromatic heterocycles. The normalized spacial score (nSPS) is 19.4. The largest absolute Gasteiger partial charge is 0.291 e. The molecule has 0 saturated heterocycles. The summed E-state index contributed by atoms with van der Waals surface area (Å²) in [6.07, 6.45) is 3.40. The number of nitrogens with one attached hydrogen (secondary N) is 2. The Hall–Kier alpha value is -1.35. The van der Waals surface area contributed by atoms with Crippen LogP contribution in [0.5, 0.6) is 0 Å². The van der Waals surface area contributed by atoms with E-state index in [9.17, 15) is 4.79 Å². The molecular formula is C12H16N2O. The van der Waals surface area contributed by atoms with Gasteiger partial charge in [-0.3, -0.25) is 10.2 Å². The van der Waals surface area contributed by atoms with Crippen molar-refractivity contribution in [2.24, 2.45) is 0 Å². The first-order valence-corrected chi connectivity index (χ1v) is 5.37. The van der Waals surface area contributed by atoms with Crippen LogP contribution in [0.3, 0.4) is 0 Å². The summed E-state index contributed by atoms with van der Waals surface area (Å²) in [6, 6.07) is 8.68. The van der Waals surface area contributed by atoms with Gasteiger partial charge in [0.05, 0.1) is 6.04 Å². The Morgan fingerprint density at radius 2 is 2.20 bits per heavy atom. The summed E-state index contributed by atoms with van der Waals surface area (Å²) in [6.45, 7) is 1.52. The highest BCUT2D eigenvalue weighted by atomic mass is 16.2. The summed E-state index contributed by atoms with van der Waals surface area (Å²) in [4.78, 5) is 10.8. The van der Waals surface area contributed by atoms with Crippen molar-refractivity contribution in [1.29, 1.82) is 0 Å². The number of hydrazine groups is 1. The zero-order valence-electron chi connectivity index (χ0n) is 8.92. The van der Waals surface area contributed by atoms with Gasteiger partial charge in [0.15, 0.2) is 0 Å². The molecule has 3 heteroatoms. The molecule has 1 atom stereocenters. The number of hydrogen-bond donors (Lipinski definition) is 2. The van der Waals surface area contributed by atoms with Crippen molar-refractivity contribution in [2.75, 3.05) is 0 Å². The Morgan fingerprint density at radius 1 is 1.40 bits per heavy atom. The van der Waals surface area contributed by atoms with E-state index in [1.165, 1.54) is 24.5 Å². The zero-order chi connectivity index (χ0) is 10.7. The van der Waals surface area contributed by atoms with Gasteiger partial charge in [-0.1, -0.05) is 24.3 Å². The van der Waals surface area contributed by atoms with Gasteiger partial charge in [-0.15, -0.1) is 0 Å². The molecule has 1 aliphatic rings. The lowest BCUT2D eigenvalue weighted by Crippen LogP contribution is -2.39. The van der Waals surface area contributed by atoms with E-state index in [4.69, 9.17) is 0 Å². The Bertz CT molecular complexity index is 362. The van der Waals surface area contributed by atoms with Gasteiger partial charge in [-0.25, -0.2) is 5.43 Å². The minimum Gasteiger partial charge on any atom is -0.291 e. The van der Waals surface area contributed by atoms with Crippen LogP contribution >= 0.6 is 0 Å². The first-order chi connectivity index (χ1) is 7.27. The molecule has 3 nitrogen and oxygen atoms in total. The van der Waals surface area contributed by atoms with Crippen LogP contribution in [0.1, 0.15) is 36.9 Å². The van der Waals surface area contributed by atoms with Crippen LogP contribution in [0.15, 0.2) is 24.3 Å². The molecule has 15 heavy (non-hydrogen) atoms. The van der Waals surface area contributed by atoms with Gasteiger partial charge in [0.25, 0.3) is 0 Å². The van der Waals surface area contributed by atoms with Crippen LogP contribution in [-0.2, 0) is 11.2 Å². The highest BCUT2D eigenvalue weighted by Gasteiger charge is 2.19. The smallest absolute Gasteiger partial charge is 0.230 e. The molecule has 0 bridgehead atoms. The molecule has 1 aliphatic carbocycles. The van der Waals surface area contributed by atoms with Crippen molar-refractivity contribution >= 4 is 5.91 Å². The monoisotopic (exact) mass is 204 g/mol. The fraction of sp³-hybridized carbons (Fsp3) is 0.417. The summed E-state index contributed by atoms with van der Waals surface area (Å²) >= 11 is 0. The van der Waals surface area contributed by atoms with Crippen LogP contribution < -0.4 is 10.9 Å². The van der Waals surface area contributed by atoms with Gasteiger partial charge in [0.2, 0.25) is 5.91 Å². The standard InChI is InChI=1S/C12H16N2O/c1-9(15)13-14-12-8-4-6-10-5-2-3-7-11(10)12/h2-3,5,7,12,14H,4,6,8H2,1H3,(H,13,15). The predicted octanol–water partition coefficient (Wildman–Crippen LogP) is 1.70. The summed E-state index contributed by atoms with van der Waals surface area (Å²) in [5.41, 5.74) is 8.46. The van der Waals surface area contributed by atoms with Gasteiger partial charge in [-0.2, -0.15) is 0 Å². The van der Waals surface area contributed by atoms with E-state index in [0.717, 1.165) is 12.8 Å². The molecule has 1 unspecified atom stereocenters. The van der Waals surface area contributed by atoms with Crippen LogP contribution in [0, 0.1) is 0 Å². The Morgan fingerprint density at radius 3 is 3.00 bits per heavy atom. The third kappa shape index (κ3) is 2.36. The van der Waals surface area contributed by atoms with E-state index in [1.54, 1.807) is 0 Å². The van der Waals surface area contributed by atoms with E-state index in [2.05, 4.69) is 29.1 Å². The summed E-state index contributed by atoms with van der Waals surface area (Å²) in [7, 11) is 0. The topological polar surface area (TPSA) is 41.1 Å². The van der Waals surface area contributed by atoms with Crippen molar-refractivity contribution in [3.63, 3.8) is 0 Å². The molecule has 0 aliphatic heterocycles. The Labute approximate surface area is 89.8 Å². The zero-order valence-corrected chi connectivity index (χ0v) is 8.92. The fourth-order valence-corrected chi connectivity index (χ4v) is 2.09. The lowest BCUT2D eigenvalue weighted by atomic mass is 9.88. The quantitative estimate of drug-likeness (QED) is 0.720.